The number of hydrogen-bond acceptors (Lipinski definition) is 4. The Morgan fingerprint density at radius 3 is 2.63 bits per heavy atom. The van der Waals surface area contributed by atoms with Crippen LogP contribution in [0.5, 0.6) is 0 Å². The summed E-state index contributed by atoms with van der Waals surface area (Å²) in [7, 11) is 0. The molecule has 0 radical (unpaired) electrons. The lowest BCUT2D eigenvalue weighted by molar-refractivity contribution is 0.797. The van der Waals surface area contributed by atoms with Gasteiger partial charge in [-0.15, -0.1) is 0 Å². The van der Waals surface area contributed by atoms with Gasteiger partial charge in [0, 0.05) is 37.9 Å². The van der Waals surface area contributed by atoms with E-state index in [0.29, 0.717) is 11.7 Å². The molecule has 0 saturated carbocycles. The molecule has 0 aliphatic heterocycles. The van der Waals surface area contributed by atoms with Crippen LogP contribution in [0.25, 0.3) is 5.82 Å². The highest BCUT2D eigenvalue weighted by atomic mass is 35.5. The number of pyridine rings is 2. The molecular weight excluding hydrogens is 362 g/mol. The van der Waals surface area contributed by atoms with Crippen molar-refractivity contribution in [3.05, 3.63) is 71.7 Å². The number of nitrogens with zero attached hydrogens (tertiary/aromatic N) is 5. The normalized spacial score (nSPS) is 11.4. The topological polar surface area (TPSA) is 80.0 Å². The van der Waals surface area contributed by atoms with Crippen LogP contribution in [0.4, 0.5) is 0 Å². The van der Waals surface area contributed by atoms with Crippen molar-refractivity contribution in [3.8, 4) is 5.82 Å². The third-order valence-corrected chi connectivity index (χ3v) is 4.06. The second-order valence-electron chi connectivity index (χ2n) is 5.86. The van der Waals surface area contributed by atoms with Crippen LogP contribution >= 0.6 is 11.6 Å². The molecule has 0 spiro atoms. The number of imidazole rings is 1. The molecule has 0 atom stereocenters. The summed E-state index contributed by atoms with van der Waals surface area (Å²) in [4.78, 5) is 17.2. The van der Waals surface area contributed by atoms with Crippen LogP contribution in [-0.4, -0.2) is 38.6 Å². The van der Waals surface area contributed by atoms with Gasteiger partial charge in [-0.1, -0.05) is 23.7 Å². The van der Waals surface area contributed by atoms with Crippen LogP contribution in [0.2, 0.25) is 5.15 Å². The Bertz CT molecular complexity index is 843. The van der Waals surface area contributed by atoms with E-state index in [4.69, 9.17) is 11.6 Å². The molecule has 2 N–H and O–H groups in total. The number of rotatable bonds is 7. The van der Waals surface area contributed by atoms with E-state index in [1.807, 2.05) is 42.1 Å². The highest BCUT2D eigenvalue weighted by Gasteiger charge is 2.01. The SMILES string of the molecule is CCNC(=NCc1ccc(-n2ccnc2)nc1)NCCc1ccc(Cl)nc1. The van der Waals surface area contributed by atoms with Crippen LogP contribution < -0.4 is 10.6 Å². The van der Waals surface area contributed by atoms with Gasteiger partial charge in [-0.25, -0.2) is 19.9 Å². The molecule has 7 nitrogen and oxygen atoms in total. The van der Waals surface area contributed by atoms with Crippen molar-refractivity contribution in [2.45, 2.75) is 19.9 Å². The molecule has 3 aromatic rings. The van der Waals surface area contributed by atoms with Crippen molar-refractivity contribution in [1.29, 1.82) is 0 Å². The van der Waals surface area contributed by atoms with Gasteiger partial charge in [-0.3, -0.25) is 4.57 Å². The molecule has 0 aliphatic carbocycles. The Morgan fingerprint density at radius 2 is 1.96 bits per heavy atom. The largest absolute Gasteiger partial charge is 0.357 e. The van der Waals surface area contributed by atoms with E-state index in [0.717, 1.165) is 42.4 Å². The van der Waals surface area contributed by atoms with E-state index in [1.54, 1.807) is 24.8 Å². The molecule has 3 aromatic heterocycles. The fourth-order valence-electron chi connectivity index (χ4n) is 2.45. The first-order valence-corrected chi connectivity index (χ1v) is 9.18. The van der Waals surface area contributed by atoms with Gasteiger partial charge >= 0.3 is 0 Å². The first kappa shape index (κ1) is 18.8. The Kier molecular flexibility index (Phi) is 6.76. The predicted molar refractivity (Wildman–Crippen MR) is 107 cm³/mol. The monoisotopic (exact) mass is 383 g/mol. The highest BCUT2D eigenvalue weighted by Crippen LogP contribution is 2.07. The Morgan fingerprint density at radius 1 is 1.11 bits per heavy atom. The average Bonchev–Trinajstić information content (AvgIpc) is 3.23. The van der Waals surface area contributed by atoms with Crippen LogP contribution in [0.15, 0.2) is 60.4 Å². The first-order chi connectivity index (χ1) is 13.2. The average molecular weight is 384 g/mol. The van der Waals surface area contributed by atoms with Crippen molar-refractivity contribution in [2.24, 2.45) is 4.99 Å². The van der Waals surface area contributed by atoms with E-state index in [2.05, 4.69) is 30.6 Å². The van der Waals surface area contributed by atoms with Gasteiger partial charge in [0.05, 0.1) is 6.54 Å². The molecule has 3 rings (SSSR count). The Balaban J connectivity index is 1.54. The van der Waals surface area contributed by atoms with Crippen LogP contribution in [-0.2, 0) is 13.0 Å². The molecule has 3 heterocycles. The minimum Gasteiger partial charge on any atom is -0.357 e. The van der Waals surface area contributed by atoms with Gasteiger partial charge in [-0.2, -0.15) is 0 Å². The molecule has 0 amide bonds. The van der Waals surface area contributed by atoms with Crippen LogP contribution in [0.3, 0.4) is 0 Å². The maximum atomic E-state index is 5.81. The van der Waals surface area contributed by atoms with Gasteiger partial charge < -0.3 is 10.6 Å². The quantitative estimate of drug-likeness (QED) is 0.372. The summed E-state index contributed by atoms with van der Waals surface area (Å²) in [6.07, 6.45) is 9.79. The summed E-state index contributed by atoms with van der Waals surface area (Å²) in [6.45, 7) is 4.15. The summed E-state index contributed by atoms with van der Waals surface area (Å²) in [5.74, 6) is 1.61. The van der Waals surface area contributed by atoms with Gasteiger partial charge in [0.2, 0.25) is 0 Å². The lowest BCUT2D eigenvalue weighted by Gasteiger charge is -2.11. The summed E-state index contributed by atoms with van der Waals surface area (Å²) < 4.78 is 1.87. The number of nitrogens with one attached hydrogen (secondary N) is 2. The molecule has 140 valence electrons. The lowest BCUT2D eigenvalue weighted by Crippen LogP contribution is -2.38. The zero-order valence-corrected chi connectivity index (χ0v) is 15.9. The second-order valence-corrected chi connectivity index (χ2v) is 6.24. The minimum atomic E-state index is 0.509. The van der Waals surface area contributed by atoms with Crippen molar-refractivity contribution in [1.82, 2.24) is 30.2 Å². The van der Waals surface area contributed by atoms with E-state index in [-0.39, 0.29) is 0 Å². The molecule has 27 heavy (non-hydrogen) atoms. The predicted octanol–water partition coefficient (Wildman–Crippen LogP) is 2.61. The van der Waals surface area contributed by atoms with Crippen LogP contribution in [0, 0.1) is 0 Å². The summed E-state index contributed by atoms with van der Waals surface area (Å²) in [5.41, 5.74) is 2.17. The van der Waals surface area contributed by atoms with Crippen LogP contribution in [0.1, 0.15) is 18.1 Å². The summed E-state index contributed by atoms with van der Waals surface area (Å²) in [5, 5.41) is 7.09. The van der Waals surface area contributed by atoms with E-state index in [1.165, 1.54) is 0 Å². The smallest absolute Gasteiger partial charge is 0.191 e. The Hall–Kier alpha value is -2.93. The number of guanidine groups is 1. The standard InChI is InChI=1S/C19H22ClN7/c1-2-22-19(23-8-7-15-3-5-17(20)24-11-15)26-13-16-4-6-18(25-12-16)27-10-9-21-14-27/h3-6,9-12,14H,2,7-8,13H2,1H3,(H2,22,23,26). The van der Waals surface area contributed by atoms with Gasteiger partial charge in [0.15, 0.2) is 5.96 Å². The molecule has 0 aromatic carbocycles. The Labute approximate surface area is 163 Å². The second kappa shape index (κ2) is 9.68. The zero-order chi connectivity index (χ0) is 18.9. The number of aliphatic imine (C=N–C) groups is 1. The molecule has 0 aliphatic rings. The number of aromatic nitrogens is 4. The van der Waals surface area contributed by atoms with Crippen molar-refractivity contribution < 1.29 is 0 Å². The van der Waals surface area contributed by atoms with Gasteiger partial charge in [0.25, 0.3) is 0 Å². The van der Waals surface area contributed by atoms with Crippen molar-refractivity contribution >= 4 is 17.6 Å². The molecule has 0 fully saturated rings. The minimum absolute atomic E-state index is 0.509. The van der Waals surface area contributed by atoms with Gasteiger partial charge in [-0.05, 0) is 36.6 Å². The maximum Gasteiger partial charge on any atom is 0.191 e. The molecule has 0 unspecified atom stereocenters. The summed E-state index contributed by atoms with van der Waals surface area (Å²) in [6, 6.07) is 7.76. The molecule has 8 heteroatoms. The molecule has 0 saturated heterocycles. The number of hydrogen-bond donors (Lipinski definition) is 2. The van der Waals surface area contributed by atoms with E-state index >= 15 is 0 Å². The summed E-state index contributed by atoms with van der Waals surface area (Å²) >= 11 is 5.81. The maximum absolute atomic E-state index is 5.81. The van der Waals surface area contributed by atoms with Crippen molar-refractivity contribution in [3.63, 3.8) is 0 Å². The van der Waals surface area contributed by atoms with E-state index in [9.17, 15) is 0 Å². The highest BCUT2D eigenvalue weighted by molar-refractivity contribution is 6.29. The molecule has 0 bridgehead atoms. The first-order valence-electron chi connectivity index (χ1n) is 8.80. The van der Waals surface area contributed by atoms with Gasteiger partial charge in [0.1, 0.15) is 17.3 Å². The fourth-order valence-corrected chi connectivity index (χ4v) is 2.56. The number of halogens is 1. The fraction of sp³-hybridized carbons (Fsp3) is 0.263. The third-order valence-electron chi connectivity index (χ3n) is 3.84. The van der Waals surface area contributed by atoms with Crippen molar-refractivity contribution in [2.75, 3.05) is 13.1 Å². The van der Waals surface area contributed by atoms with E-state index < -0.39 is 0 Å². The third kappa shape index (κ3) is 5.79. The zero-order valence-electron chi connectivity index (χ0n) is 15.1. The molecular formula is C19H22ClN7. The lowest BCUT2D eigenvalue weighted by atomic mass is 10.2.